The topological polar surface area (TPSA) is 52.8 Å². The lowest BCUT2D eigenvalue weighted by molar-refractivity contribution is -0.0779. The molecule has 5 rings (SSSR count). The van der Waals surface area contributed by atoms with Gasteiger partial charge in [-0.1, -0.05) is 13.8 Å². The molecule has 0 radical (unpaired) electrons. The van der Waals surface area contributed by atoms with Crippen LogP contribution in [0.1, 0.15) is 77.5 Å². The molecule has 0 aromatic carbocycles. The van der Waals surface area contributed by atoms with E-state index in [-0.39, 0.29) is 0 Å². The molecule has 9 atom stereocenters. The molecule has 0 amide bonds. The van der Waals surface area contributed by atoms with Gasteiger partial charge in [0.15, 0.2) is 5.82 Å². The Morgan fingerprint density at radius 1 is 1.07 bits per heavy atom. The van der Waals surface area contributed by atoms with Crippen molar-refractivity contribution in [3.05, 3.63) is 5.82 Å². The van der Waals surface area contributed by atoms with E-state index in [9.17, 15) is 0 Å². The first-order valence-corrected chi connectivity index (χ1v) is 12.7. The van der Waals surface area contributed by atoms with E-state index >= 15 is 0 Å². The van der Waals surface area contributed by atoms with Crippen LogP contribution in [0.5, 0.6) is 0 Å². The summed E-state index contributed by atoms with van der Waals surface area (Å²) in [5.74, 6) is 8.01. The van der Waals surface area contributed by atoms with Gasteiger partial charge >= 0.3 is 0 Å². The van der Waals surface area contributed by atoms with Crippen molar-refractivity contribution in [1.82, 2.24) is 20.2 Å². The van der Waals surface area contributed by atoms with E-state index in [1.165, 1.54) is 57.8 Å². The highest BCUT2D eigenvalue weighted by atomic mass is 16.5. The molecule has 168 valence electrons. The molecule has 1 aromatic heterocycles. The summed E-state index contributed by atoms with van der Waals surface area (Å²) in [7, 11) is 1.88. The van der Waals surface area contributed by atoms with Crippen molar-refractivity contribution in [3.63, 3.8) is 0 Å². The quantitative estimate of drug-likeness (QED) is 0.669. The van der Waals surface area contributed by atoms with Gasteiger partial charge < -0.3 is 4.74 Å². The molecule has 4 saturated carbocycles. The van der Waals surface area contributed by atoms with Gasteiger partial charge in [0, 0.05) is 13.7 Å². The van der Waals surface area contributed by atoms with Gasteiger partial charge in [-0.25, -0.2) is 0 Å². The lowest BCUT2D eigenvalue weighted by Crippen LogP contribution is -2.49. The van der Waals surface area contributed by atoms with Crippen molar-refractivity contribution < 1.29 is 4.74 Å². The highest BCUT2D eigenvalue weighted by Gasteiger charge is 2.57. The van der Waals surface area contributed by atoms with E-state index in [2.05, 4.69) is 29.3 Å². The van der Waals surface area contributed by atoms with Crippen LogP contribution >= 0.6 is 0 Å². The van der Waals surface area contributed by atoms with Crippen molar-refractivity contribution in [2.45, 2.75) is 85.1 Å². The average molecular weight is 415 g/mol. The molecule has 1 aromatic rings. The molecule has 3 unspecified atom stereocenters. The number of rotatable bonds is 5. The molecule has 0 aliphatic heterocycles. The van der Waals surface area contributed by atoms with Crippen LogP contribution in [0.15, 0.2) is 0 Å². The van der Waals surface area contributed by atoms with Crippen LogP contribution in [0.2, 0.25) is 0 Å². The number of fused-ring (bicyclic) bond motifs is 5. The molecule has 1 heterocycles. The second kappa shape index (κ2) is 8.18. The highest BCUT2D eigenvalue weighted by Crippen LogP contribution is 2.65. The monoisotopic (exact) mass is 414 g/mol. The van der Waals surface area contributed by atoms with Crippen LogP contribution in [0.4, 0.5) is 0 Å². The van der Waals surface area contributed by atoms with E-state index in [1.807, 2.05) is 18.8 Å². The van der Waals surface area contributed by atoms with Crippen LogP contribution in [-0.4, -0.2) is 33.9 Å². The maximum atomic E-state index is 5.50. The van der Waals surface area contributed by atoms with Gasteiger partial charge in [-0.2, -0.15) is 4.80 Å². The third-order valence-corrected chi connectivity index (χ3v) is 10.2. The number of hydrogen-bond acceptors (Lipinski definition) is 4. The minimum absolute atomic E-state index is 0.524. The highest BCUT2D eigenvalue weighted by molar-refractivity contribution is 5.06. The van der Waals surface area contributed by atoms with Crippen molar-refractivity contribution in [1.29, 1.82) is 0 Å². The maximum absolute atomic E-state index is 5.50. The lowest BCUT2D eigenvalue weighted by Gasteiger charge is -2.56. The largest absolute Gasteiger partial charge is 0.384 e. The molecule has 4 aliphatic carbocycles. The zero-order chi connectivity index (χ0) is 20.9. The summed E-state index contributed by atoms with van der Waals surface area (Å²) in [6.45, 7) is 8.94. The van der Waals surface area contributed by atoms with Crippen LogP contribution in [0.25, 0.3) is 0 Å². The Balaban J connectivity index is 1.27. The Labute approximate surface area is 182 Å². The molecule has 0 bridgehead atoms. The molecule has 0 saturated heterocycles. The first-order chi connectivity index (χ1) is 14.5. The van der Waals surface area contributed by atoms with Crippen LogP contribution in [-0.2, 0) is 11.3 Å². The first-order valence-electron chi connectivity index (χ1n) is 12.7. The molecular weight excluding hydrogens is 372 g/mol. The van der Waals surface area contributed by atoms with Crippen LogP contribution in [0.3, 0.4) is 0 Å². The van der Waals surface area contributed by atoms with Gasteiger partial charge in [-0.15, -0.1) is 10.2 Å². The zero-order valence-corrected chi connectivity index (χ0v) is 19.6. The SMILES string of the molecule is COC[C@H]1CC[C@@H]2C3CC[C@@]4(C)C(CCC4[C@H](C)Cn4nnc(C)n4)[C@@H]3CC[C@@H]2C1. The van der Waals surface area contributed by atoms with E-state index in [0.717, 1.165) is 60.4 Å². The third kappa shape index (κ3) is 3.53. The van der Waals surface area contributed by atoms with Crippen molar-refractivity contribution >= 4 is 0 Å². The Kier molecular flexibility index (Phi) is 5.70. The molecule has 5 heteroatoms. The van der Waals surface area contributed by atoms with E-state index in [1.54, 1.807) is 0 Å². The average Bonchev–Trinajstić information content (AvgIpc) is 3.30. The summed E-state index contributed by atoms with van der Waals surface area (Å²) in [5, 5.41) is 12.8. The minimum Gasteiger partial charge on any atom is -0.384 e. The number of aromatic nitrogens is 4. The summed E-state index contributed by atoms with van der Waals surface area (Å²) < 4.78 is 5.50. The molecule has 0 N–H and O–H groups in total. The standard InChI is InChI=1S/C25H42N4O/c1-16(14-29-27-17(2)26-28-29)23-9-10-24-22-8-6-19-13-18(15-30-4)5-7-20(19)21(22)11-12-25(23,24)3/h16,18-24H,5-15H2,1-4H3/t16-,18+,19-,20+,21?,22-,23?,24?,25-/m1/s1. The number of hydrogen-bond donors (Lipinski definition) is 0. The van der Waals surface area contributed by atoms with E-state index in [0.29, 0.717) is 11.3 Å². The predicted molar refractivity (Wildman–Crippen MR) is 118 cm³/mol. The number of tetrazole rings is 1. The molecule has 30 heavy (non-hydrogen) atoms. The molecular formula is C25H42N4O. The summed E-state index contributed by atoms with van der Waals surface area (Å²) in [4.78, 5) is 1.84. The van der Waals surface area contributed by atoms with Crippen molar-refractivity contribution in [3.8, 4) is 0 Å². The Hall–Kier alpha value is -0.970. The number of ether oxygens (including phenoxy) is 1. The van der Waals surface area contributed by atoms with E-state index < -0.39 is 0 Å². The Morgan fingerprint density at radius 2 is 1.90 bits per heavy atom. The zero-order valence-electron chi connectivity index (χ0n) is 19.6. The summed E-state index contributed by atoms with van der Waals surface area (Å²) >= 11 is 0. The summed E-state index contributed by atoms with van der Waals surface area (Å²) in [6, 6.07) is 0. The molecule has 0 spiro atoms. The lowest BCUT2D eigenvalue weighted by atomic mass is 9.49. The maximum Gasteiger partial charge on any atom is 0.171 e. The smallest absolute Gasteiger partial charge is 0.171 e. The van der Waals surface area contributed by atoms with Gasteiger partial charge in [-0.3, -0.25) is 0 Å². The number of nitrogens with zero attached hydrogens (tertiary/aromatic N) is 4. The molecule has 5 nitrogen and oxygen atoms in total. The van der Waals surface area contributed by atoms with E-state index in [4.69, 9.17) is 4.74 Å². The van der Waals surface area contributed by atoms with Gasteiger partial charge in [0.25, 0.3) is 0 Å². The van der Waals surface area contributed by atoms with Crippen molar-refractivity contribution in [2.24, 2.45) is 52.8 Å². The predicted octanol–water partition coefficient (Wildman–Crippen LogP) is 5.15. The molecule has 4 fully saturated rings. The van der Waals surface area contributed by atoms with Gasteiger partial charge in [0.2, 0.25) is 0 Å². The van der Waals surface area contributed by atoms with Crippen molar-refractivity contribution in [2.75, 3.05) is 13.7 Å². The fourth-order valence-corrected chi connectivity index (χ4v) is 9.10. The fourth-order valence-electron chi connectivity index (χ4n) is 9.10. The van der Waals surface area contributed by atoms with Gasteiger partial charge in [0.05, 0.1) is 6.54 Å². The van der Waals surface area contributed by atoms with Crippen LogP contribution in [0, 0.1) is 59.7 Å². The van der Waals surface area contributed by atoms with Gasteiger partial charge in [0.1, 0.15) is 0 Å². The van der Waals surface area contributed by atoms with Crippen LogP contribution < -0.4 is 0 Å². The number of aryl methyl sites for hydroxylation is 1. The fraction of sp³-hybridized carbons (Fsp3) is 0.960. The normalized spacial score (nSPS) is 44.2. The van der Waals surface area contributed by atoms with Gasteiger partial charge in [-0.05, 0) is 123 Å². The first kappa shape index (κ1) is 20.9. The second-order valence-electron chi connectivity index (χ2n) is 11.7. The minimum atomic E-state index is 0.524. The third-order valence-electron chi connectivity index (χ3n) is 10.2. The number of methoxy groups -OCH3 is 1. The Bertz CT molecular complexity index is 734. The summed E-state index contributed by atoms with van der Waals surface area (Å²) in [6.07, 6.45) is 13.1. The molecule has 4 aliphatic rings. The summed E-state index contributed by atoms with van der Waals surface area (Å²) in [5.41, 5.74) is 0.524. The second-order valence-corrected chi connectivity index (χ2v) is 11.7. The Morgan fingerprint density at radius 3 is 2.67 bits per heavy atom.